The third-order valence-electron chi connectivity index (χ3n) is 2.31. The van der Waals surface area contributed by atoms with E-state index in [4.69, 9.17) is 12.2 Å². The lowest BCUT2D eigenvalue weighted by Crippen LogP contribution is -2.15. The van der Waals surface area contributed by atoms with Gasteiger partial charge in [0.2, 0.25) is 0 Å². The molecule has 1 aromatic carbocycles. The van der Waals surface area contributed by atoms with Crippen LogP contribution in [0.3, 0.4) is 0 Å². The van der Waals surface area contributed by atoms with E-state index in [1.54, 1.807) is 11.8 Å². The van der Waals surface area contributed by atoms with Gasteiger partial charge in [-0.1, -0.05) is 49.5 Å². The summed E-state index contributed by atoms with van der Waals surface area (Å²) in [6, 6.07) is 8.73. The molecule has 1 aromatic rings. The predicted molar refractivity (Wildman–Crippen MR) is 77.2 cm³/mol. The van der Waals surface area contributed by atoms with Gasteiger partial charge in [-0.3, -0.25) is 0 Å². The molecule has 0 amide bonds. The predicted octanol–water partition coefficient (Wildman–Crippen LogP) is 3.97. The first-order chi connectivity index (χ1) is 7.63. The number of benzene rings is 1. The summed E-state index contributed by atoms with van der Waals surface area (Å²) >= 11 is 6.89. The molecule has 88 valence electrons. The van der Waals surface area contributed by atoms with Crippen molar-refractivity contribution in [2.24, 2.45) is 0 Å². The molecule has 0 bridgehead atoms. The summed E-state index contributed by atoms with van der Waals surface area (Å²) in [5.41, 5.74) is 1.42. The molecular formula is C13H19NS2. The Morgan fingerprint density at radius 2 is 1.88 bits per heavy atom. The van der Waals surface area contributed by atoms with E-state index >= 15 is 0 Å². The third kappa shape index (κ3) is 4.54. The summed E-state index contributed by atoms with van der Waals surface area (Å²) in [5, 5.41) is 0. The summed E-state index contributed by atoms with van der Waals surface area (Å²) < 4.78 is 0.904. The summed E-state index contributed by atoms with van der Waals surface area (Å²) in [6.07, 6.45) is 3.70. The van der Waals surface area contributed by atoms with Crippen molar-refractivity contribution in [3.8, 4) is 0 Å². The van der Waals surface area contributed by atoms with Crippen LogP contribution in [0.4, 0.5) is 0 Å². The number of thioether (sulfide) groups is 1. The largest absolute Gasteiger partial charge is 0.363 e. The fourth-order valence-electron chi connectivity index (χ4n) is 1.30. The Hall–Kier alpha value is -0.540. The lowest BCUT2D eigenvalue weighted by molar-refractivity contribution is 0.648. The molecule has 1 nitrogen and oxygen atoms in total. The summed E-state index contributed by atoms with van der Waals surface area (Å²) in [6.45, 7) is 2.22. The smallest absolute Gasteiger partial charge is 0.140 e. The molecule has 0 spiro atoms. The van der Waals surface area contributed by atoms with E-state index in [-0.39, 0.29) is 0 Å². The number of hydrogen-bond donors (Lipinski definition) is 0. The highest BCUT2D eigenvalue weighted by Crippen LogP contribution is 2.21. The topological polar surface area (TPSA) is 3.24 Å². The number of hydrogen-bond acceptors (Lipinski definition) is 2. The maximum absolute atomic E-state index is 5.25. The van der Waals surface area contributed by atoms with Gasteiger partial charge in [0.25, 0.3) is 0 Å². The Morgan fingerprint density at radius 3 is 2.38 bits per heavy atom. The first-order valence-corrected chi connectivity index (χ1v) is 6.84. The van der Waals surface area contributed by atoms with Gasteiger partial charge >= 0.3 is 0 Å². The second-order valence-electron chi connectivity index (χ2n) is 4.01. The second-order valence-corrected chi connectivity index (χ2v) is 5.72. The molecule has 0 aromatic heterocycles. The van der Waals surface area contributed by atoms with Gasteiger partial charge in [0, 0.05) is 19.0 Å². The number of unbranched alkanes of at least 4 members (excludes halogenated alkanes) is 1. The van der Waals surface area contributed by atoms with Crippen LogP contribution in [0.1, 0.15) is 25.3 Å². The van der Waals surface area contributed by atoms with Crippen LogP contribution in [0.5, 0.6) is 0 Å². The number of thiocarbonyl (C=S) groups is 1. The van der Waals surface area contributed by atoms with Crippen LogP contribution in [0.2, 0.25) is 0 Å². The molecule has 3 heteroatoms. The average Bonchev–Trinajstić information content (AvgIpc) is 2.28. The van der Waals surface area contributed by atoms with Gasteiger partial charge in [-0.15, -0.1) is 0 Å². The molecule has 0 unspecified atom stereocenters. The van der Waals surface area contributed by atoms with E-state index < -0.39 is 0 Å². The van der Waals surface area contributed by atoms with Crippen LogP contribution in [-0.2, 0) is 6.42 Å². The van der Waals surface area contributed by atoms with Crippen molar-refractivity contribution in [1.82, 2.24) is 4.90 Å². The van der Waals surface area contributed by atoms with Crippen molar-refractivity contribution in [2.45, 2.75) is 31.1 Å². The maximum Gasteiger partial charge on any atom is 0.140 e. The maximum atomic E-state index is 5.25. The SMILES string of the molecule is CCCCc1ccc(SC(=S)N(C)C)cc1. The standard InChI is InChI=1S/C13H19NS2/c1-4-5-6-11-7-9-12(10-8-11)16-13(15)14(2)3/h7-10H,4-6H2,1-3H3. The van der Waals surface area contributed by atoms with Crippen molar-refractivity contribution < 1.29 is 0 Å². The molecule has 16 heavy (non-hydrogen) atoms. The molecular weight excluding hydrogens is 234 g/mol. The van der Waals surface area contributed by atoms with Crippen LogP contribution in [0, 0.1) is 0 Å². The quantitative estimate of drug-likeness (QED) is 0.590. The molecule has 0 saturated heterocycles. The average molecular weight is 253 g/mol. The lowest BCUT2D eigenvalue weighted by atomic mass is 10.1. The van der Waals surface area contributed by atoms with Gasteiger partial charge in [-0.25, -0.2) is 0 Å². The molecule has 0 aliphatic heterocycles. The Balaban J connectivity index is 2.54. The third-order valence-corrected chi connectivity index (χ3v) is 3.98. The van der Waals surface area contributed by atoms with Gasteiger partial charge in [-0.05, 0) is 30.5 Å². The molecule has 0 aliphatic rings. The number of nitrogens with zero attached hydrogens (tertiary/aromatic N) is 1. The lowest BCUT2D eigenvalue weighted by Gasteiger charge is -2.12. The molecule has 0 heterocycles. The molecule has 0 aliphatic carbocycles. The van der Waals surface area contributed by atoms with E-state index in [0.717, 1.165) is 4.32 Å². The first kappa shape index (κ1) is 13.5. The van der Waals surface area contributed by atoms with Crippen molar-refractivity contribution in [2.75, 3.05) is 14.1 Å². The van der Waals surface area contributed by atoms with Gasteiger partial charge < -0.3 is 4.90 Å². The van der Waals surface area contributed by atoms with Gasteiger partial charge in [-0.2, -0.15) is 0 Å². The van der Waals surface area contributed by atoms with Crippen molar-refractivity contribution >= 4 is 28.3 Å². The molecule has 0 fully saturated rings. The highest BCUT2D eigenvalue weighted by molar-refractivity contribution is 8.22. The van der Waals surface area contributed by atoms with Crippen LogP contribution >= 0.6 is 24.0 Å². The monoisotopic (exact) mass is 253 g/mol. The molecule has 0 atom stereocenters. The second kappa shape index (κ2) is 6.92. The molecule has 1 rings (SSSR count). The van der Waals surface area contributed by atoms with Crippen molar-refractivity contribution in [1.29, 1.82) is 0 Å². The van der Waals surface area contributed by atoms with E-state index in [1.807, 2.05) is 19.0 Å². The minimum Gasteiger partial charge on any atom is -0.363 e. The molecule has 0 N–H and O–H groups in total. The summed E-state index contributed by atoms with van der Waals surface area (Å²) in [5.74, 6) is 0. The van der Waals surface area contributed by atoms with Crippen LogP contribution in [-0.4, -0.2) is 23.3 Å². The van der Waals surface area contributed by atoms with Gasteiger partial charge in [0.05, 0.1) is 0 Å². The van der Waals surface area contributed by atoms with Crippen LogP contribution in [0.25, 0.3) is 0 Å². The Labute approximate surface area is 108 Å². The fraction of sp³-hybridized carbons (Fsp3) is 0.462. The minimum atomic E-state index is 0.904. The zero-order valence-electron chi connectivity index (χ0n) is 10.2. The Morgan fingerprint density at radius 1 is 1.25 bits per heavy atom. The van der Waals surface area contributed by atoms with Crippen LogP contribution < -0.4 is 0 Å². The van der Waals surface area contributed by atoms with Crippen molar-refractivity contribution in [3.05, 3.63) is 29.8 Å². The first-order valence-electron chi connectivity index (χ1n) is 5.61. The fourth-order valence-corrected chi connectivity index (χ4v) is 2.24. The normalized spacial score (nSPS) is 10.2. The minimum absolute atomic E-state index is 0.904. The number of rotatable bonds is 4. The molecule has 0 saturated carbocycles. The summed E-state index contributed by atoms with van der Waals surface area (Å²) in [4.78, 5) is 3.18. The van der Waals surface area contributed by atoms with E-state index in [9.17, 15) is 0 Å². The zero-order chi connectivity index (χ0) is 12.0. The highest BCUT2D eigenvalue weighted by atomic mass is 32.2. The van der Waals surface area contributed by atoms with E-state index in [1.165, 1.54) is 29.7 Å². The zero-order valence-corrected chi connectivity index (χ0v) is 11.8. The van der Waals surface area contributed by atoms with Crippen molar-refractivity contribution in [3.63, 3.8) is 0 Å². The Kier molecular flexibility index (Phi) is 5.85. The van der Waals surface area contributed by atoms with Gasteiger partial charge in [0.1, 0.15) is 4.32 Å². The Bertz CT molecular complexity index is 330. The highest BCUT2D eigenvalue weighted by Gasteiger charge is 2.02. The number of aryl methyl sites for hydroxylation is 1. The van der Waals surface area contributed by atoms with Crippen LogP contribution in [0.15, 0.2) is 29.2 Å². The molecule has 0 radical (unpaired) electrons. The summed E-state index contributed by atoms with van der Waals surface area (Å²) in [7, 11) is 3.95. The van der Waals surface area contributed by atoms with Gasteiger partial charge in [0.15, 0.2) is 0 Å². The van der Waals surface area contributed by atoms with E-state index in [0.29, 0.717) is 0 Å². The van der Waals surface area contributed by atoms with E-state index in [2.05, 4.69) is 31.2 Å².